The molecule has 1 aromatic rings. The van der Waals surface area contributed by atoms with Crippen molar-refractivity contribution in [2.75, 3.05) is 46.3 Å². The van der Waals surface area contributed by atoms with E-state index in [0.29, 0.717) is 18.5 Å². The zero-order valence-corrected chi connectivity index (χ0v) is 18.8. The molecule has 0 unspecified atom stereocenters. The SMILES string of the molecule is CCCN1CCC(NC(=NC)NCC(=O)N2CCC(Cc3ccccc3)CC2)CC1. The minimum Gasteiger partial charge on any atom is -0.354 e. The number of benzene rings is 1. The zero-order valence-electron chi connectivity index (χ0n) is 18.8. The topological polar surface area (TPSA) is 60.0 Å². The lowest BCUT2D eigenvalue weighted by Crippen LogP contribution is -2.51. The standard InChI is InChI=1S/C24H39N5O/c1-3-13-28-14-11-22(12-15-28)27-24(25-2)26-19-23(30)29-16-9-21(10-17-29)18-20-7-5-4-6-8-20/h4-8,21-22H,3,9-19H2,1-2H3,(H2,25,26,27). The van der Waals surface area contributed by atoms with Gasteiger partial charge in [0.05, 0.1) is 6.54 Å². The largest absolute Gasteiger partial charge is 0.354 e. The van der Waals surface area contributed by atoms with Gasteiger partial charge in [-0.1, -0.05) is 37.3 Å². The number of carbonyl (C=O) groups is 1. The molecule has 2 fully saturated rings. The monoisotopic (exact) mass is 413 g/mol. The van der Waals surface area contributed by atoms with Crippen LogP contribution >= 0.6 is 0 Å². The van der Waals surface area contributed by atoms with Crippen LogP contribution in [0.4, 0.5) is 0 Å². The fourth-order valence-corrected chi connectivity index (χ4v) is 4.61. The lowest BCUT2D eigenvalue weighted by Gasteiger charge is -2.33. The van der Waals surface area contributed by atoms with E-state index in [4.69, 9.17) is 0 Å². The van der Waals surface area contributed by atoms with Crippen LogP contribution in [-0.4, -0.2) is 74.0 Å². The summed E-state index contributed by atoms with van der Waals surface area (Å²) in [5.41, 5.74) is 1.40. The van der Waals surface area contributed by atoms with Crippen molar-refractivity contribution in [3.05, 3.63) is 35.9 Å². The van der Waals surface area contributed by atoms with Crippen molar-refractivity contribution in [3.63, 3.8) is 0 Å². The summed E-state index contributed by atoms with van der Waals surface area (Å²) in [6.07, 6.45) is 6.77. The molecular weight excluding hydrogens is 374 g/mol. The maximum Gasteiger partial charge on any atom is 0.241 e. The minimum absolute atomic E-state index is 0.175. The van der Waals surface area contributed by atoms with Crippen LogP contribution in [0, 0.1) is 5.92 Å². The highest BCUT2D eigenvalue weighted by atomic mass is 16.2. The first kappa shape index (κ1) is 22.6. The molecule has 6 heteroatoms. The van der Waals surface area contributed by atoms with Crippen LogP contribution in [0.2, 0.25) is 0 Å². The third kappa shape index (κ3) is 7.01. The number of hydrogen-bond donors (Lipinski definition) is 2. The summed E-state index contributed by atoms with van der Waals surface area (Å²) in [6.45, 7) is 7.74. The number of carbonyl (C=O) groups excluding carboxylic acids is 1. The number of likely N-dealkylation sites (tertiary alicyclic amines) is 2. The maximum absolute atomic E-state index is 12.7. The third-order valence-corrected chi connectivity index (χ3v) is 6.43. The van der Waals surface area contributed by atoms with Crippen molar-refractivity contribution in [2.24, 2.45) is 10.9 Å². The van der Waals surface area contributed by atoms with Gasteiger partial charge in [0.15, 0.2) is 5.96 Å². The molecule has 3 rings (SSSR count). The number of hydrogen-bond acceptors (Lipinski definition) is 3. The van der Waals surface area contributed by atoms with E-state index in [0.717, 1.165) is 64.2 Å². The van der Waals surface area contributed by atoms with E-state index in [1.54, 1.807) is 7.05 Å². The summed E-state index contributed by atoms with van der Waals surface area (Å²) < 4.78 is 0. The molecule has 1 amide bonds. The number of nitrogens with zero attached hydrogens (tertiary/aromatic N) is 3. The molecule has 6 nitrogen and oxygen atoms in total. The van der Waals surface area contributed by atoms with Crippen LogP contribution in [0.25, 0.3) is 0 Å². The van der Waals surface area contributed by atoms with Gasteiger partial charge in [-0.3, -0.25) is 9.79 Å². The number of guanidine groups is 1. The van der Waals surface area contributed by atoms with Crippen LogP contribution in [-0.2, 0) is 11.2 Å². The molecule has 1 aromatic carbocycles. The van der Waals surface area contributed by atoms with Gasteiger partial charge in [-0.25, -0.2) is 0 Å². The van der Waals surface area contributed by atoms with E-state index in [9.17, 15) is 4.79 Å². The van der Waals surface area contributed by atoms with Crippen LogP contribution in [0.1, 0.15) is 44.6 Å². The van der Waals surface area contributed by atoms with Gasteiger partial charge in [0.2, 0.25) is 5.91 Å². The highest BCUT2D eigenvalue weighted by Gasteiger charge is 2.23. The van der Waals surface area contributed by atoms with Gasteiger partial charge in [-0.2, -0.15) is 0 Å². The van der Waals surface area contributed by atoms with Crippen LogP contribution in [0.5, 0.6) is 0 Å². The molecule has 166 valence electrons. The number of nitrogens with one attached hydrogen (secondary N) is 2. The summed E-state index contributed by atoms with van der Waals surface area (Å²) in [4.78, 5) is 21.5. The van der Waals surface area contributed by atoms with Crippen LogP contribution in [0.15, 0.2) is 35.3 Å². The molecule has 0 spiro atoms. The molecule has 0 atom stereocenters. The normalized spacial score (nSPS) is 19.7. The molecule has 0 bridgehead atoms. The number of piperidine rings is 2. The van der Waals surface area contributed by atoms with Crippen molar-refractivity contribution >= 4 is 11.9 Å². The average molecular weight is 414 g/mol. The Labute approximate surface area is 182 Å². The Kier molecular flexibility index (Phi) is 9.00. The van der Waals surface area contributed by atoms with Crippen molar-refractivity contribution < 1.29 is 4.79 Å². The van der Waals surface area contributed by atoms with Crippen molar-refractivity contribution in [1.29, 1.82) is 0 Å². The van der Waals surface area contributed by atoms with Crippen LogP contribution in [0.3, 0.4) is 0 Å². The van der Waals surface area contributed by atoms with Gasteiger partial charge in [0, 0.05) is 39.3 Å². The van der Waals surface area contributed by atoms with Gasteiger partial charge < -0.3 is 20.4 Å². The fraction of sp³-hybridized carbons (Fsp3) is 0.667. The minimum atomic E-state index is 0.175. The van der Waals surface area contributed by atoms with Crippen molar-refractivity contribution in [2.45, 2.75) is 51.5 Å². The molecule has 2 heterocycles. The van der Waals surface area contributed by atoms with E-state index in [1.807, 2.05) is 4.90 Å². The Morgan fingerprint density at radius 2 is 1.77 bits per heavy atom. The van der Waals surface area contributed by atoms with Gasteiger partial charge in [-0.05, 0) is 56.6 Å². The molecular formula is C24H39N5O. The van der Waals surface area contributed by atoms with E-state index < -0.39 is 0 Å². The van der Waals surface area contributed by atoms with Crippen LogP contribution < -0.4 is 10.6 Å². The van der Waals surface area contributed by atoms with E-state index >= 15 is 0 Å². The highest BCUT2D eigenvalue weighted by Crippen LogP contribution is 2.21. The predicted molar refractivity (Wildman–Crippen MR) is 124 cm³/mol. The third-order valence-electron chi connectivity index (χ3n) is 6.43. The summed E-state index contributed by atoms with van der Waals surface area (Å²) in [7, 11) is 1.78. The second-order valence-corrected chi connectivity index (χ2v) is 8.70. The van der Waals surface area contributed by atoms with E-state index in [2.05, 4.69) is 57.8 Å². The lowest BCUT2D eigenvalue weighted by molar-refractivity contribution is -0.131. The number of aliphatic imine (C=N–C) groups is 1. The second-order valence-electron chi connectivity index (χ2n) is 8.70. The Balaban J connectivity index is 1.34. The first-order chi connectivity index (χ1) is 14.7. The molecule has 0 saturated carbocycles. The molecule has 2 saturated heterocycles. The summed E-state index contributed by atoms with van der Waals surface area (Å²) >= 11 is 0. The lowest BCUT2D eigenvalue weighted by atomic mass is 9.90. The molecule has 0 aromatic heterocycles. The number of rotatable bonds is 7. The van der Waals surface area contributed by atoms with E-state index in [-0.39, 0.29) is 5.91 Å². The Hall–Kier alpha value is -2.08. The summed E-state index contributed by atoms with van der Waals surface area (Å²) in [5, 5.41) is 6.74. The molecule has 2 aliphatic heterocycles. The van der Waals surface area contributed by atoms with E-state index in [1.165, 1.54) is 18.5 Å². The first-order valence-corrected chi connectivity index (χ1v) is 11.7. The van der Waals surface area contributed by atoms with Gasteiger partial charge in [0.1, 0.15) is 0 Å². The predicted octanol–water partition coefficient (Wildman–Crippen LogP) is 2.51. The molecule has 2 aliphatic rings. The van der Waals surface area contributed by atoms with Crippen molar-refractivity contribution in [1.82, 2.24) is 20.4 Å². The van der Waals surface area contributed by atoms with Gasteiger partial charge in [-0.15, -0.1) is 0 Å². The maximum atomic E-state index is 12.7. The van der Waals surface area contributed by atoms with Crippen molar-refractivity contribution in [3.8, 4) is 0 Å². The molecule has 0 radical (unpaired) electrons. The Bertz CT molecular complexity index is 661. The number of amides is 1. The fourth-order valence-electron chi connectivity index (χ4n) is 4.61. The second kappa shape index (κ2) is 11.9. The highest BCUT2D eigenvalue weighted by molar-refractivity contribution is 5.86. The zero-order chi connectivity index (χ0) is 21.2. The Morgan fingerprint density at radius 1 is 1.07 bits per heavy atom. The summed E-state index contributed by atoms with van der Waals surface area (Å²) in [6, 6.07) is 11.1. The molecule has 0 aliphatic carbocycles. The average Bonchev–Trinajstić information content (AvgIpc) is 2.79. The Morgan fingerprint density at radius 3 is 2.40 bits per heavy atom. The van der Waals surface area contributed by atoms with Gasteiger partial charge >= 0.3 is 0 Å². The smallest absolute Gasteiger partial charge is 0.241 e. The summed E-state index contributed by atoms with van der Waals surface area (Å²) in [5.74, 6) is 1.60. The molecule has 2 N–H and O–H groups in total. The quantitative estimate of drug-likeness (QED) is 0.533. The van der Waals surface area contributed by atoms with Gasteiger partial charge in [0.25, 0.3) is 0 Å². The molecule has 30 heavy (non-hydrogen) atoms. The first-order valence-electron chi connectivity index (χ1n) is 11.7.